The predicted molar refractivity (Wildman–Crippen MR) is 294 cm³/mol. The van der Waals surface area contributed by atoms with Crippen LogP contribution in [0.3, 0.4) is 0 Å². The van der Waals surface area contributed by atoms with Gasteiger partial charge in [0.15, 0.2) is 5.78 Å². The lowest BCUT2D eigenvalue weighted by Gasteiger charge is -2.15. The minimum atomic E-state index is -0.188. The number of fused-ring (bicyclic) bond motifs is 6. The lowest BCUT2D eigenvalue weighted by Crippen LogP contribution is -2.17. The van der Waals surface area contributed by atoms with Crippen molar-refractivity contribution in [1.82, 2.24) is 19.5 Å². The molecule has 1 atom stereocenters. The third-order valence-electron chi connectivity index (χ3n) is 13.5. The molecule has 0 saturated heterocycles. The van der Waals surface area contributed by atoms with Gasteiger partial charge in [-0.1, -0.05) is 71.2 Å². The van der Waals surface area contributed by atoms with E-state index in [1.807, 2.05) is 105 Å². The van der Waals surface area contributed by atoms with Crippen LogP contribution in [0.25, 0.3) is 42.6 Å². The first-order valence-electron chi connectivity index (χ1n) is 24.5. The molecule has 6 aromatic carbocycles. The summed E-state index contributed by atoms with van der Waals surface area (Å²) < 4.78 is 16.1. The van der Waals surface area contributed by atoms with Crippen LogP contribution in [0.15, 0.2) is 131 Å². The maximum absolute atomic E-state index is 13.7. The van der Waals surface area contributed by atoms with Crippen LogP contribution < -0.4 is 25.8 Å². The monoisotopic (exact) mass is 1020 g/mol. The highest BCUT2D eigenvalue weighted by atomic mass is 32.1. The van der Waals surface area contributed by atoms with Crippen molar-refractivity contribution >= 4 is 105 Å². The Morgan fingerprint density at radius 3 is 2.09 bits per heavy atom. The molecule has 1 unspecified atom stereocenters. The number of thiazole rings is 2. The van der Waals surface area contributed by atoms with Crippen LogP contribution in [0.1, 0.15) is 75.7 Å². The molecule has 368 valence electrons. The Hall–Kier alpha value is -8.41. The molecule has 9 aromatic rings. The average molecular weight is 1020 g/mol. The number of benzene rings is 6. The molecule has 3 aliphatic rings. The molecule has 3 N–H and O–H groups in total. The fourth-order valence-corrected chi connectivity index (χ4v) is 11.4. The lowest BCUT2D eigenvalue weighted by atomic mass is 9.96. The maximum Gasteiger partial charge on any atom is 0.224 e. The third kappa shape index (κ3) is 9.31. The summed E-state index contributed by atoms with van der Waals surface area (Å²) in [6.45, 7) is 5.95. The van der Waals surface area contributed by atoms with Gasteiger partial charge in [0.1, 0.15) is 28.6 Å². The Labute approximate surface area is 433 Å². The molecule has 12 rings (SSSR count). The van der Waals surface area contributed by atoms with E-state index in [1.54, 1.807) is 6.07 Å². The van der Waals surface area contributed by atoms with E-state index in [2.05, 4.69) is 73.0 Å². The van der Waals surface area contributed by atoms with Crippen molar-refractivity contribution in [2.45, 2.75) is 71.5 Å². The van der Waals surface area contributed by atoms with E-state index >= 15 is 0 Å². The highest BCUT2D eigenvalue weighted by molar-refractivity contribution is 7.22. The zero-order chi connectivity index (χ0) is 50.6. The van der Waals surface area contributed by atoms with Gasteiger partial charge in [0.25, 0.3) is 0 Å². The van der Waals surface area contributed by atoms with Gasteiger partial charge in [-0.15, -0.1) is 0 Å². The van der Waals surface area contributed by atoms with E-state index in [0.29, 0.717) is 88.7 Å². The number of nitrogens with one attached hydrogen (secondary N) is 3. The Kier molecular flexibility index (Phi) is 12.1. The van der Waals surface area contributed by atoms with Crippen molar-refractivity contribution in [2.75, 3.05) is 16.3 Å². The summed E-state index contributed by atoms with van der Waals surface area (Å²) in [7, 11) is 1.92. The Morgan fingerprint density at radius 2 is 1.27 bits per heavy atom. The lowest BCUT2D eigenvalue weighted by molar-refractivity contribution is -0.113. The second-order valence-electron chi connectivity index (χ2n) is 19.0. The molecular weight excluding hydrogens is 969 g/mol. The minimum Gasteiger partial charge on any atom is -0.491 e. The largest absolute Gasteiger partial charge is 0.491 e. The highest BCUT2D eigenvalue weighted by Crippen LogP contribution is 2.34. The van der Waals surface area contributed by atoms with Crippen molar-refractivity contribution in [1.29, 1.82) is 0 Å². The molecule has 0 aliphatic heterocycles. The summed E-state index contributed by atoms with van der Waals surface area (Å²) in [5.74, 6) is 1.70. The fraction of sp³-hybridized carbons (Fsp3) is 0.211. The number of imidazole rings is 1. The van der Waals surface area contributed by atoms with Crippen molar-refractivity contribution in [3.8, 4) is 22.6 Å². The third-order valence-corrected chi connectivity index (χ3v) is 15.3. The topological polar surface area (TPSA) is 186 Å². The SMILES string of the molecule is CC(C)Oc1ccc2c(c1)C/C(=N/Nc1nc3ccc(CC(C)Oc4ccc5c(c4)C(=O)/C(=N\Nc4nc6cc(-c7ccc8c(c7)C/C(=N/Nc7nc9ccccc9n7C)C(=O)CC8)ccc6s4)C5)cc3s1)C2=O. The van der Waals surface area contributed by atoms with Gasteiger partial charge in [-0.3, -0.25) is 25.2 Å². The first-order chi connectivity index (χ1) is 35.9. The normalized spacial score (nSPS) is 16.4. The highest BCUT2D eigenvalue weighted by Gasteiger charge is 2.29. The molecule has 0 radical (unpaired) electrons. The number of para-hydroxylation sites is 2. The van der Waals surface area contributed by atoms with E-state index in [0.717, 1.165) is 76.2 Å². The number of ether oxygens (including phenoxy) is 2. The van der Waals surface area contributed by atoms with Gasteiger partial charge >= 0.3 is 0 Å². The van der Waals surface area contributed by atoms with Crippen LogP contribution in [0.4, 0.5) is 16.2 Å². The van der Waals surface area contributed by atoms with Crippen LogP contribution in [0.5, 0.6) is 11.5 Å². The number of ketones is 3. The fourth-order valence-electron chi connectivity index (χ4n) is 9.78. The van der Waals surface area contributed by atoms with Gasteiger partial charge in [-0.05, 0) is 133 Å². The van der Waals surface area contributed by atoms with Crippen LogP contribution >= 0.6 is 22.7 Å². The minimum absolute atomic E-state index is 0.0181. The molecule has 74 heavy (non-hydrogen) atoms. The van der Waals surface area contributed by atoms with Crippen LogP contribution in [-0.2, 0) is 43.9 Å². The molecule has 3 heterocycles. The molecule has 3 aromatic heterocycles. The van der Waals surface area contributed by atoms with E-state index in [9.17, 15) is 14.4 Å². The van der Waals surface area contributed by atoms with Crippen LogP contribution in [-0.4, -0.2) is 66.2 Å². The quantitative estimate of drug-likeness (QED) is 0.0737. The van der Waals surface area contributed by atoms with Gasteiger partial charge in [0.2, 0.25) is 27.8 Å². The number of carbonyl (C=O) groups excluding carboxylic acids is 3. The Balaban J connectivity index is 0.665. The van der Waals surface area contributed by atoms with Gasteiger partial charge in [0, 0.05) is 50.3 Å². The van der Waals surface area contributed by atoms with Crippen molar-refractivity contribution in [3.05, 3.63) is 154 Å². The number of hydrazone groups is 3. The summed E-state index contributed by atoms with van der Waals surface area (Å²) in [6, 6.07) is 37.7. The number of rotatable bonds is 13. The smallest absolute Gasteiger partial charge is 0.224 e. The molecule has 0 bridgehead atoms. The molecule has 15 nitrogen and oxygen atoms in total. The van der Waals surface area contributed by atoms with E-state index < -0.39 is 0 Å². The van der Waals surface area contributed by atoms with Crippen LogP contribution in [0.2, 0.25) is 0 Å². The maximum atomic E-state index is 13.7. The number of aromatic nitrogens is 4. The number of hydrogen-bond acceptors (Lipinski definition) is 16. The molecule has 0 saturated carbocycles. The number of anilines is 3. The van der Waals surface area contributed by atoms with Gasteiger partial charge in [0.05, 0.1) is 43.7 Å². The number of nitrogens with zero attached hydrogens (tertiary/aromatic N) is 7. The zero-order valence-electron chi connectivity index (χ0n) is 40.9. The predicted octanol–water partition coefficient (Wildman–Crippen LogP) is 11.2. The molecule has 0 fully saturated rings. The molecular formula is C57H48N10O5S2. The van der Waals surface area contributed by atoms with Crippen molar-refractivity contribution < 1.29 is 23.9 Å². The molecule has 3 aliphatic carbocycles. The van der Waals surface area contributed by atoms with E-state index in [-0.39, 0.29) is 29.6 Å². The Morgan fingerprint density at radius 1 is 0.581 bits per heavy atom. The molecule has 0 amide bonds. The van der Waals surface area contributed by atoms with Gasteiger partial charge in [-0.25, -0.2) is 20.4 Å². The summed E-state index contributed by atoms with van der Waals surface area (Å²) >= 11 is 2.94. The summed E-state index contributed by atoms with van der Waals surface area (Å²) in [5.41, 5.74) is 22.2. The number of hydrogen-bond donors (Lipinski definition) is 3. The van der Waals surface area contributed by atoms with Crippen LogP contribution in [0, 0.1) is 0 Å². The zero-order valence-corrected chi connectivity index (χ0v) is 42.5. The average Bonchev–Trinajstić information content (AvgIpc) is 4.20. The first kappa shape index (κ1) is 46.6. The van der Waals surface area contributed by atoms with E-state index in [1.165, 1.54) is 22.7 Å². The summed E-state index contributed by atoms with van der Waals surface area (Å²) in [6.07, 6.45) is 2.76. The first-order valence-corrected chi connectivity index (χ1v) is 26.1. The molecule has 0 spiro atoms. The van der Waals surface area contributed by atoms with E-state index in [4.69, 9.17) is 19.4 Å². The summed E-state index contributed by atoms with van der Waals surface area (Å²) in [5, 5.41) is 14.8. The second kappa shape index (κ2) is 19.2. The standard InChI is InChI=1S/C57H48N10O5S2/c1-30(2)71-39-16-17-41-38(24-39)28-48(53(41)69)63-65-56-59-44-18-9-32(22-52(44)74-56)21-31(3)72-40-15-12-36-26-47(54(70)42(36)29-40)62-66-57-60-46-25-35(14-20-51(46)73-57)34-11-10-33-13-19-50(68)45(27-37(33)23-34)61-64-55-58-43-7-5-6-8-49(43)67(55)4/h5-12,14-18,20,22-25,29-31H,13,19,21,26-28H2,1-4H3,(H,58,64)(H,59,65)(H,60,66)/b61-45-,62-47-,63-48-. The molecule has 17 heteroatoms. The number of aryl methyl sites for hydroxylation is 2. The number of carbonyl (C=O) groups is 3. The second-order valence-corrected chi connectivity index (χ2v) is 21.1. The van der Waals surface area contributed by atoms with Gasteiger partial charge < -0.3 is 14.0 Å². The van der Waals surface area contributed by atoms with Gasteiger partial charge in [-0.2, -0.15) is 15.3 Å². The van der Waals surface area contributed by atoms with Crippen molar-refractivity contribution in [3.63, 3.8) is 0 Å². The summed E-state index contributed by atoms with van der Waals surface area (Å²) in [4.78, 5) is 54.1. The Bertz CT molecular complexity index is 3880. The number of Topliss-reactive ketones (excluding diaryl/α,β-unsaturated/α-hetero) is 3. The van der Waals surface area contributed by atoms with Crippen molar-refractivity contribution in [2.24, 2.45) is 22.4 Å².